The molecule has 2 N–H and O–H groups in total. The molecule has 0 aromatic heterocycles. The maximum Gasteiger partial charge on any atom is 0.225 e. The molecule has 64 valence electrons. The van der Waals surface area contributed by atoms with Crippen LogP contribution in [0.15, 0.2) is 0 Å². The minimum atomic E-state index is 0.169. The van der Waals surface area contributed by atoms with E-state index in [9.17, 15) is 4.79 Å². The number of hydrogen-bond acceptors (Lipinski definition) is 2. The zero-order valence-corrected chi connectivity index (χ0v) is 7.21. The van der Waals surface area contributed by atoms with Gasteiger partial charge < -0.3 is 10.6 Å². The van der Waals surface area contributed by atoms with Crippen molar-refractivity contribution in [3.63, 3.8) is 0 Å². The molecule has 0 aromatic carbocycles. The lowest BCUT2D eigenvalue weighted by Crippen LogP contribution is -2.44. The lowest BCUT2D eigenvalue weighted by atomic mass is 9.90. The molecule has 2 atom stereocenters. The fourth-order valence-electron chi connectivity index (χ4n) is 1.70. The number of carbonyl (C=O) groups excluding carboxylic acids is 1. The Hall–Kier alpha value is -0.570. The van der Waals surface area contributed by atoms with Gasteiger partial charge in [0, 0.05) is 19.5 Å². The molecule has 3 heteroatoms. The Bertz CT molecular complexity index is 144. The van der Waals surface area contributed by atoms with E-state index in [1.165, 1.54) is 0 Å². The maximum atomic E-state index is 11.3. The summed E-state index contributed by atoms with van der Waals surface area (Å²) in [6.45, 7) is 3.50. The first-order chi connectivity index (χ1) is 5.15. The van der Waals surface area contributed by atoms with Crippen LogP contribution in [0.4, 0.5) is 0 Å². The molecule has 3 nitrogen and oxygen atoms in total. The monoisotopic (exact) mass is 156 g/mol. The molecule has 1 aliphatic heterocycles. The highest BCUT2D eigenvalue weighted by Gasteiger charge is 2.27. The van der Waals surface area contributed by atoms with Crippen LogP contribution in [0.25, 0.3) is 0 Å². The number of likely N-dealkylation sites (tertiary alicyclic amines) is 1. The third-order valence-electron chi connectivity index (χ3n) is 2.35. The summed E-state index contributed by atoms with van der Waals surface area (Å²) in [7, 11) is 1.85. The van der Waals surface area contributed by atoms with Crippen molar-refractivity contribution in [2.45, 2.75) is 13.3 Å². The zero-order chi connectivity index (χ0) is 8.43. The number of hydrogen-bond donors (Lipinski definition) is 1. The Morgan fingerprint density at radius 3 is 2.82 bits per heavy atom. The molecule has 0 bridgehead atoms. The average Bonchev–Trinajstić information content (AvgIpc) is 1.99. The maximum absolute atomic E-state index is 11.3. The second-order valence-corrected chi connectivity index (χ2v) is 3.46. The highest BCUT2D eigenvalue weighted by atomic mass is 16.2. The van der Waals surface area contributed by atoms with Gasteiger partial charge >= 0.3 is 0 Å². The molecule has 1 rings (SSSR count). The van der Waals surface area contributed by atoms with Gasteiger partial charge in [-0.05, 0) is 18.9 Å². The van der Waals surface area contributed by atoms with Crippen LogP contribution in [0, 0.1) is 11.8 Å². The van der Waals surface area contributed by atoms with E-state index in [-0.39, 0.29) is 11.8 Å². The standard InChI is InChI=1S/C8H16N2O/c1-6-3-7(4-9)5-10(2)8(6)11/h6-7H,3-5,9H2,1-2H3/t6-,7-/m1/s1. The van der Waals surface area contributed by atoms with Gasteiger partial charge in [-0.3, -0.25) is 4.79 Å². The van der Waals surface area contributed by atoms with E-state index < -0.39 is 0 Å². The number of amides is 1. The summed E-state index contributed by atoms with van der Waals surface area (Å²) in [5, 5.41) is 0. The summed E-state index contributed by atoms with van der Waals surface area (Å²) in [5.41, 5.74) is 5.54. The van der Waals surface area contributed by atoms with Crippen LogP contribution >= 0.6 is 0 Å². The summed E-state index contributed by atoms with van der Waals surface area (Å²) in [6, 6.07) is 0. The number of piperidine rings is 1. The van der Waals surface area contributed by atoms with Crippen molar-refractivity contribution < 1.29 is 4.79 Å². The molecule has 1 saturated heterocycles. The largest absolute Gasteiger partial charge is 0.345 e. The molecule has 11 heavy (non-hydrogen) atoms. The van der Waals surface area contributed by atoms with Gasteiger partial charge in [-0.1, -0.05) is 6.92 Å². The predicted octanol–water partition coefficient (Wildman–Crippen LogP) is 0.0595. The Balaban J connectivity index is 2.54. The first-order valence-electron chi connectivity index (χ1n) is 4.10. The number of carbonyl (C=O) groups is 1. The van der Waals surface area contributed by atoms with E-state index in [1.807, 2.05) is 14.0 Å². The molecule has 0 aliphatic carbocycles. The SMILES string of the molecule is C[C@@H]1C[C@H](CN)CN(C)C1=O. The Kier molecular flexibility index (Phi) is 2.49. The van der Waals surface area contributed by atoms with Crippen LogP contribution in [-0.2, 0) is 4.79 Å². The first kappa shape index (κ1) is 8.53. The molecule has 1 amide bonds. The molecule has 0 aromatic rings. The highest BCUT2D eigenvalue weighted by Crippen LogP contribution is 2.20. The van der Waals surface area contributed by atoms with Crippen molar-refractivity contribution in [2.24, 2.45) is 17.6 Å². The second kappa shape index (κ2) is 3.22. The van der Waals surface area contributed by atoms with Gasteiger partial charge in [0.1, 0.15) is 0 Å². The van der Waals surface area contributed by atoms with Crippen molar-refractivity contribution in [1.29, 1.82) is 0 Å². The van der Waals surface area contributed by atoms with Crippen LogP contribution < -0.4 is 5.73 Å². The lowest BCUT2D eigenvalue weighted by Gasteiger charge is -2.32. The summed E-state index contributed by atoms with van der Waals surface area (Å²) in [5.74, 6) is 0.935. The smallest absolute Gasteiger partial charge is 0.225 e. The second-order valence-electron chi connectivity index (χ2n) is 3.46. The van der Waals surface area contributed by atoms with Gasteiger partial charge in [0.05, 0.1) is 0 Å². The van der Waals surface area contributed by atoms with Crippen LogP contribution in [-0.4, -0.2) is 30.9 Å². The van der Waals surface area contributed by atoms with Crippen molar-refractivity contribution in [2.75, 3.05) is 20.1 Å². The number of nitrogens with zero attached hydrogens (tertiary/aromatic N) is 1. The molecular weight excluding hydrogens is 140 g/mol. The molecule has 0 spiro atoms. The molecular formula is C8H16N2O. The first-order valence-corrected chi connectivity index (χ1v) is 4.10. The minimum absolute atomic E-state index is 0.169. The van der Waals surface area contributed by atoms with Crippen molar-refractivity contribution in [3.05, 3.63) is 0 Å². The average molecular weight is 156 g/mol. The topological polar surface area (TPSA) is 46.3 Å². The molecule has 1 aliphatic rings. The van der Waals surface area contributed by atoms with Gasteiger partial charge in [-0.25, -0.2) is 0 Å². The summed E-state index contributed by atoms with van der Waals surface area (Å²) >= 11 is 0. The van der Waals surface area contributed by atoms with Gasteiger partial charge in [-0.2, -0.15) is 0 Å². The highest BCUT2D eigenvalue weighted by molar-refractivity contribution is 5.78. The molecule has 0 unspecified atom stereocenters. The number of nitrogens with two attached hydrogens (primary N) is 1. The van der Waals surface area contributed by atoms with Crippen LogP contribution in [0.1, 0.15) is 13.3 Å². The van der Waals surface area contributed by atoms with E-state index in [0.717, 1.165) is 13.0 Å². The summed E-state index contributed by atoms with van der Waals surface area (Å²) < 4.78 is 0. The van der Waals surface area contributed by atoms with Crippen molar-refractivity contribution in [3.8, 4) is 0 Å². The van der Waals surface area contributed by atoms with E-state index >= 15 is 0 Å². The summed E-state index contributed by atoms with van der Waals surface area (Å²) in [6.07, 6.45) is 0.958. The molecule has 1 fully saturated rings. The Labute approximate surface area is 67.5 Å². The van der Waals surface area contributed by atoms with Crippen molar-refractivity contribution in [1.82, 2.24) is 4.90 Å². The van der Waals surface area contributed by atoms with Gasteiger partial charge in [0.2, 0.25) is 5.91 Å². The fraction of sp³-hybridized carbons (Fsp3) is 0.875. The fourth-order valence-corrected chi connectivity index (χ4v) is 1.70. The molecule has 1 heterocycles. The van der Waals surface area contributed by atoms with E-state index in [1.54, 1.807) is 4.90 Å². The van der Waals surface area contributed by atoms with E-state index in [0.29, 0.717) is 12.5 Å². The predicted molar refractivity (Wildman–Crippen MR) is 44.0 cm³/mol. The van der Waals surface area contributed by atoms with Gasteiger partial charge in [-0.15, -0.1) is 0 Å². The lowest BCUT2D eigenvalue weighted by molar-refractivity contribution is -0.137. The third kappa shape index (κ3) is 1.71. The third-order valence-corrected chi connectivity index (χ3v) is 2.35. The van der Waals surface area contributed by atoms with Gasteiger partial charge in [0.25, 0.3) is 0 Å². The van der Waals surface area contributed by atoms with Gasteiger partial charge in [0.15, 0.2) is 0 Å². The summed E-state index contributed by atoms with van der Waals surface area (Å²) in [4.78, 5) is 13.1. The Morgan fingerprint density at radius 1 is 1.73 bits per heavy atom. The van der Waals surface area contributed by atoms with E-state index in [4.69, 9.17) is 5.73 Å². The van der Waals surface area contributed by atoms with Crippen LogP contribution in [0.3, 0.4) is 0 Å². The van der Waals surface area contributed by atoms with Crippen molar-refractivity contribution >= 4 is 5.91 Å². The van der Waals surface area contributed by atoms with Crippen LogP contribution in [0.2, 0.25) is 0 Å². The normalized spacial score (nSPS) is 32.6. The molecule has 0 radical (unpaired) electrons. The Morgan fingerprint density at radius 2 is 2.36 bits per heavy atom. The van der Waals surface area contributed by atoms with E-state index in [2.05, 4.69) is 0 Å². The van der Waals surface area contributed by atoms with Crippen LogP contribution in [0.5, 0.6) is 0 Å². The minimum Gasteiger partial charge on any atom is -0.345 e. The number of rotatable bonds is 1. The zero-order valence-electron chi connectivity index (χ0n) is 7.21. The quantitative estimate of drug-likeness (QED) is 0.583. The molecule has 0 saturated carbocycles.